The average Bonchev–Trinajstić information content (AvgIpc) is 2.96. The number of hydrogen-bond acceptors (Lipinski definition) is 5. The summed E-state index contributed by atoms with van der Waals surface area (Å²) < 4.78 is 1.96. The fraction of sp³-hybridized carbons (Fsp3) is 0.545. The van der Waals surface area contributed by atoms with Crippen molar-refractivity contribution in [2.75, 3.05) is 7.05 Å². The van der Waals surface area contributed by atoms with Crippen molar-refractivity contribution in [3.8, 4) is 0 Å². The first kappa shape index (κ1) is 12.2. The first-order valence-corrected chi connectivity index (χ1v) is 6.60. The van der Waals surface area contributed by atoms with E-state index in [0.29, 0.717) is 6.04 Å². The third-order valence-electron chi connectivity index (χ3n) is 2.68. The molecule has 0 spiro atoms. The lowest BCUT2D eigenvalue weighted by molar-refractivity contribution is 0.475. The third kappa shape index (κ3) is 2.70. The Kier molecular flexibility index (Phi) is 3.86. The summed E-state index contributed by atoms with van der Waals surface area (Å²) in [6.45, 7) is 4.21. The lowest BCUT2D eigenvalue weighted by atomic mass is 10.1. The van der Waals surface area contributed by atoms with Gasteiger partial charge >= 0.3 is 0 Å². The molecule has 0 aliphatic carbocycles. The Bertz CT molecular complexity index is 448. The lowest BCUT2D eigenvalue weighted by Gasteiger charge is -2.15. The van der Waals surface area contributed by atoms with Crippen molar-refractivity contribution < 1.29 is 0 Å². The second kappa shape index (κ2) is 5.37. The molecule has 1 N–H and O–H groups in total. The molecule has 6 heteroatoms. The second-order valence-electron chi connectivity index (χ2n) is 4.17. The molecule has 5 nitrogen and oxygen atoms in total. The molecule has 0 fully saturated rings. The highest BCUT2D eigenvalue weighted by Gasteiger charge is 2.16. The molecular weight excluding hydrogens is 234 g/mol. The number of aromatic nitrogens is 4. The van der Waals surface area contributed by atoms with Gasteiger partial charge in [-0.05, 0) is 20.9 Å². The summed E-state index contributed by atoms with van der Waals surface area (Å²) in [4.78, 5) is 8.66. The lowest BCUT2D eigenvalue weighted by Crippen LogP contribution is -2.22. The maximum atomic E-state index is 4.34. The fourth-order valence-corrected chi connectivity index (χ4v) is 2.39. The summed E-state index contributed by atoms with van der Waals surface area (Å²) in [6, 6.07) is 0.531. The SMILES string of the molecule is CNC(Cc1ncnn1C(C)C)c1cscn1. The summed E-state index contributed by atoms with van der Waals surface area (Å²) >= 11 is 1.61. The molecule has 2 aromatic heterocycles. The van der Waals surface area contributed by atoms with Crippen LogP contribution in [0.3, 0.4) is 0 Å². The molecule has 92 valence electrons. The maximum absolute atomic E-state index is 4.34. The molecule has 0 saturated carbocycles. The minimum atomic E-state index is 0.197. The van der Waals surface area contributed by atoms with Crippen molar-refractivity contribution in [3.63, 3.8) is 0 Å². The van der Waals surface area contributed by atoms with E-state index in [4.69, 9.17) is 0 Å². The topological polar surface area (TPSA) is 55.6 Å². The van der Waals surface area contributed by atoms with Crippen molar-refractivity contribution in [1.29, 1.82) is 0 Å². The van der Waals surface area contributed by atoms with Crippen molar-refractivity contribution in [3.05, 3.63) is 28.7 Å². The second-order valence-corrected chi connectivity index (χ2v) is 4.89. The number of hydrogen-bond donors (Lipinski definition) is 1. The van der Waals surface area contributed by atoms with E-state index >= 15 is 0 Å². The largest absolute Gasteiger partial charge is 0.311 e. The molecule has 2 heterocycles. The monoisotopic (exact) mass is 251 g/mol. The standard InChI is InChI=1S/C11H17N5S/c1-8(2)16-11(13-6-15-16)4-9(12-3)10-5-17-7-14-10/h5-9,12H,4H2,1-3H3. The van der Waals surface area contributed by atoms with Crippen molar-refractivity contribution in [2.24, 2.45) is 0 Å². The Morgan fingerprint density at radius 1 is 1.41 bits per heavy atom. The van der Waals surface area contributed by atoms with E-state index in [1.54, 1.807) is 17.7 Å². The van der Waals surface area contributed by atoms with E-state index in [9.17, 15) is 0 Å². The molecule has 0 saturated heterocycles. The van der Waals surface area contributed by atoms with Gasteiger partial charge in [0.15, 0.2) is 0 Å². The van der Waals surface area contributed by atoms with Gasteiger partial charge in [-0.15, -0.1) is 11.3 Å². The van der Waals surface area contributed by atoms with E-state index in [-0.39, 0.29) is 6.04 Å². The van der Waals surface area contributed by atoms with Crippen molar-refractivity contribution in [1.82, 2.24) is 25.1 Å². The molecule has 17 heavy (non-hydrogen) atoms. The molecule has 0 radical (unpaired) electrons. The molecule has 1 unspecified atom stereocenters. The average molecular weight is 251 g/mol. The van der Waals surface area contributed by atoms with Gasteiger partial charge in [-0.25, -0.2) is 14.6 Å². The Hall–Kier alpha value is -1.27. The van der Waals surface area contributed by atoms with Crippen LogP contribution in [0, 0.1) is 0 Å². The number of nitrogens with one attached hydrogen (secondary N) is 1. The normalized spacial score (nSPS) is 13.2. The van der Waals surface area contributed by atoms with E-state index in [2.05, 4.69) is 39.6 Å². The summed E-state index contributed by atoms with van der Waals surface area (Å²) in [6.07, 6.45) is 2.42. The van der Waals surface area contributed by atoms with Crippen LogP contribution in [-0.2, 0) is 6.42 Å². The van der Waals surface area contributed by atoms with Crippen molar-refractivity contribution in [2.45, 2.75) is 32.4 Å². The Balaban J connectivity index is 2.16. The molecule has 0 aromatic carbocycles. The zero-order valence-corrected chi connectivity index (χ0v) is 11.1. The molecule has 2 rings (SSSR count). The fourth-order valence-electron chi connectivity index (χ4n) is 1.78. The quantitative estimate of drug-likeness (QED) is 0.880. The highest BCUT2D eigenvalue weighted by Crippen LogP contribution is 2.18. The van der Waals surface area contributed by atoms with Crippen LogP contribution < -0.4 is 5.32 Å². The van der Waals surface area contributed by atoms with Crippen LogP contribution in [0.4, 0.5) is 0 Å². The van der Waals surface area contributed by atoms with Gasteiger partial charge in [-0.3, -0.25) is 0 Å². The minimum absolute atomic E-state index is 0.197. The van der Waals surface area contributed by atoms with Crippen LogP contribution in [0.1, 0.15) is 37.4 Å². The first-order chi connectivity index (χ1) is 8.22. The Morgan fingerprint density at radius 2 is 2.24 bits per heavy atom. The van der Waals surface area contributed by atoms with Crippen LogP contribution in [0.15, 0.2) is 17.2 Å². The number of rotatable bonds is 5. The van der Waals surface area contributed by atoms with E-state index in [1.807, 2.05) is 17.2 Å². The molecular formula is C11H17N5S. The summed E-state index contributed by atoms with van der Waals surface area (Å²) in [5.74, 6) is 0.993. The number of nitrogens with zero attached hydrogens (tertiary/aromatic N) is 4. The smallest absolute Gasteiger partial charge is 0.138 e. The van der Waals surface area contributed by atoms with Crippen LogP contribution in [0.2, 0.25) is 0 Å². The summed E-state index contributed by atoms with van der Waals surface area (Å²) in [7, 11) is 1.94. The molecule has 0 amide bonds. The molecule has 0 aliphatic rings. The first-order valence-electron chi connectivity index (χ1n) is 5.66. The van der Waals surface area contributed by atoms with Gasteiger partial charge in [0.1, 0.15) is 12.2 Å². The van der Waals surface area contributed by atoms with Gasteiger partial charge in [0, 0.05) is 17.8 Å². The van der Waals surface area contributed by atoms with Crippen LogP contribution >= 0.6 is 11.3 Å². The summed E-state index contributed by atoms with van der Waals surface area (Å²) in [5, 5.41) is 9.58. The predicted molar refractivity (Wildman–Crippen MR) is 68.0 cm³/mol. The van der Waals surface area contributed by atoms with E-state index in [0.717, 1.165) is 17.9 Å². The number of likely N-dealkylation sites (N-methyl/N-ethyl adjacent to an activating group) is 1. The van der Waals surface area contributed by atoms with Crippen LogP contribution in [0.25, 0.3) is 0 Å². The van der Waals surface area contributed by atoms with Crippen LogP contribution in [-0.4, -0.2) is 26.8 Å². The molecule has 0 bridgehead atoms. The van der Waals surface area contributed by atoms with Gasteiger partial charge in [0.05, 0.1) is 17.2 Å². The zero-order valence-electron chi connectivity index (χ0n) is 10.3. The van der Waals surface area contributed by atoms with E-state index in [1.165, 1.54) is 0 Å². The molecule has 0 aliphatic heterocycles. The number of thiazole rings is 1. The molecule has 2 aromatic rings. The Labute approximate surface area is 105 Å². The minimum Gasteiger partial charge on any atom is -0.311 e. The summed E-state index contributed by atoms with van der Waals surface area (Å²) in [5.41, 5.74) is 2.92. The van der Waals surface area contributed by atoms with Gasteiger partial charge in [0.2, 0.25) is 0 Å². The highest BCUT2D eigenvalue weighted by molar-refractivity contribution is 7.07. The van der Waals surface area contributed by atoms with Crippen LogP contribution in [0.5, 0.6) is 0 Å². The van der Waals surface area contributed by atoms with E-state index < -0.39 is 0 Å². The van der Waals surface area contributed by atoms with Gasteiger partial charge < -0.3 is 5.32 Å². The Morgan fingerprint density at radius 3 is 2.82 bits per heavy atom. The van der Waals surface area contributed by atoms with Crippen molar-refractivity contribution >= 4 is 11.3 Å². The zero-order chi connectivity index (χ0) is 12.3. The van der Waals surface area contributed by atoms with Gasteiger partial charge in [0.25, 0.3) is 0 Å². The maximum Gasteiger partial charge on any atom is 0.138 e. The van der Waals surface area contributed by atoms with Gasteiger partial charge in [-0.2, -0.15) is 5.10 Å². The van der Waals surface area contributed by atoms with Gasteiger partial charge in [-0.1, -0.05) is 0 Å². The highest BCUT2D eigenvalue weighted by atomic mass is 32.1. The molecule has 1 atom stereocenters. The predicted octanol–water partition coefficient (Wildman–Crippen LogP) is 1.82. The third-order valence-corrected chi connectivity index (χ3v) is 3.28.